The van der Waals surface area contributed by atoms with Crippen LogP contribution < -0.4 is 4.90 Å². The molecule has 0 aliphatic carbocycles. The first-order valence-electron chi connectivity index (χ1n) is 12.0. The molecule has 1 aliphatic heterocycles. The molecule has 2 aromatic rings. The van der Waals surface area contributed by atoms with Crippen molar-refractivity contribution in [2.24, 2.45) is 5.92 Å². The Morgan fingerprint density at radius 3 is 2.42 bits per heavy atom. The van der Waals surface area contributed by atoms with E-state index >= 15 is 0 Å². The zero-order chi connectivity index (χ0) is 26.2. The summed E-state index contributed by atoms with van der Waals surface area (Å²) in [5, 5.41) is 11.9. The van der Waals surface area contributed by atoms with Crippen LogP contribution in [0.4, 0.5) is 14.7 Å². The number of piperazine rings is 1. The SMILES string of the molecule is CCOC(=O)N1CCN(c2nc(-c3ccc(C(=O)N(CCC(C)C)C(=O)N(C)C#N)cc3)cs2)CC1. The smallest absolute Gasteiger partial charge is 0.409 e. The highest BCUT2D eigenvalue weighted by Crippen LogP contribution is 2.28. The van der Waals surface area contributed by atoms with Gasteiger partial charge in [0.1, 0.15) is 0 Å². The van der Waals surface area contributed by atoms with Gasteiger partial charge in [0.2, 0.25) is 0 Å². The topological polar surface area (TPSA) is 110 Å². The number of thiazole rings is 1. The lowest BCUT2D eigenvalue weighted by molar-refractivity contribution is 0.0775. The molecule has 36 heavy (non-hydrogen) atoms. The van der Waals surface area contributed by atoms with E-state index in [2.05, 4.69) is 4.90 Å². The zero-order valence-corrected chi connectivity index (χ0v) is 22.0. The van der Waals surface area contributed by atoms with Crippen LogP contribution >= 0.6 is 11.3 Å². The number of carbonyl (C=O) groups is 3. The van der Waals surface area contributed by atoms with Crippen LogP contribution in [-0.2, 0) is 4.74 Å². The van der Waals surface area contributed by atoms with Gasteiger partial charge >= 0.3 is 12.1 Å². The maximum absolute atomic E-state index is 13.1. The molecule has 1 fully saturated rings. The molecule has 10 nitrogen and oxygen atoms in total. The summed E-state index contributed by atoms with van der Waals surface area (Å²) in [4.78, 5) is 48.2. The van der Waals surface area contributed by atoms with Gasteiger partial charge in [0.15, 0.2) is 11.3 Å². The first kappa shape index (κ1) is 26.9. The molecule has 1 aliphatic rings. The maximum atomic E-state index is 13.1. The van der Waals surface area contributed by atoms with E-state index in [9.17, 15) is 14.4 Å². The number of hydrogen-bond acceptors (Lipinski definition) is 8. The molecule has 1 aromatic carbocycles. The molecule has 1 aromatic heterocycles. The third kappa shape index (κ3) is 6.51. The number of anilines is 1. The number of benzene rings is 1. The normalized spacial score (nSPS) is 13.3. The molecular weight excluding hydrogens is 480 g/mol. The van der Waals surface area contributed by atoms with Crippen LogP contribution in [-0.4, -0.2) is 84.1 Å². The molecule has 192 valence electrons. The number of amides is 4. The molecule has 11 heteroatoms. The van der Waals surface area contributed by atoms with Crippen molar-refractivity contribution in [1.82, 2.24) is 19.7 Å². The number of rotatable bonds is 7. The van der Waals surface area contributed by atoms with Crippen molar-refractivity contribution < 1.29 is 19.1 Å². The summed E-state index contributed by atoms with van der Waals surface area (Å²) in [5.41, 5.74) is 2.01. The van der Waals surface area contributed by atoms with Gasteiger partial charge in [0, 0.05) is 56.3 Å². The number of nitrogens with zero attached hydrogens (tertiary/aromatic N) is 6. The molecule has 0 radical (unpaired) electrons. The Kier molecular flexibility index (Phi) is 9.25. The van der Waals surface area contributed by atoms with E-state index in [0.29, 0.717) is 50.7 Å². The Morgan fingerprint density at radius 2 is 1.83 bits per heavy atom. The Hall–Kier alpha value is -3.65. The van der Waals surface area contributed by atoms with Gasteiger partial charge in [0.05, 0.1) is 12.3 Å². The van der Waals surface area contributed by atoms with Crippen LogP contribution in [0.5, 0.6) is 0 Å². The van der Waals surface area contributed by atoms with E-state index in [-0.39, 0.29) is 12.6 Å². The summed E-state index contributed by atoms with van der Waals surface area (Å²) in [6.45, 7) is 8.94. The van der Waals surface area contributed by atoms with Crippen LogP contribution in [0.1, 0.15) is 37.6 Å². The molecule has 3 rings (SSSR count). The molecule has 0 atom stereocenters. The third-order valence-electron chi connectivity index (χ3n) is 5.84. The van der Waals surface area contributed by atoms with Gasteiger partial charge < -0.3 is 14.5 Å². The van der Waals surface area contributed by atoms with Crippen molar-refractivity contribution in [2.45, 2.75) is 27.2 Å². The standard InChI is InChI=1S/C25H32N6O4S/c1-5-35-25(34)30-14-12-29(13-15-30)23-27-21(16-36-23)19-6-8-20(9-7-19)22(32)31(11-10-18(2)3)24(33)28(4)17-26/h6-9,16,18H,5,10-15H2,1-4H3. The van der Waals surface area contributed by atoms with Crippen molar-refractivity contribution in [1.29, 1.82) is 5.26 Å². The van der Waals surface area contributed by atoms with Crippen LogP contribution in [0.15, 0.2) is 29.6 Å². The second-order valence-corrected chi connectivity index (χ2v) is 9.68. The fraction of sp³-hybridized carbons (Fsp3) is 0.480. The summed E-state index contributed by atoms with van der Waals surface area (Å²) < 4.78 is 5.07. The Morgan fingerprint density at radius 1 is 1.17 bits per heavy atom. The van der Waals surface area contributed by atoms with Crippen molar-refractivity contribution in [2.75, 3.05) is 51.3 Å². The average Bonchev–Trinajstić information content (AvgIpc) is 3.38. The first-order valence-corrected chi connectivity index (χ1v) is 12.8. The van der Waals surface area contributed by atoms with E-state index in [1.165, 1.54) is 18.4 Å². The van der Waals surface area contributed by atoms with Gasteiger partial charge in [-0.25, -0.2) is 19.5 Å². The van der Waals surface area contributed by atoms with E-state index in [1.807, 2.05) is 31.4 Å². The molecular formula is C25H32N6O4S. The maximum Gasteiger partial charge on any atom is 0.409 e. The zero-order valence-electron chi connectivity index (χ0n) is 21.1. The van der Waals surface area contributed by atoms with Crippen molar-refractivity contribution in [3.8, 4) is 17.5 Å². The van der Waals surface area contributed by atoms with E-state index in [1.54, 1.807) is 30.1 Å². The number of hydrogen-bond donors (Lipinski definition) is 0. The molecule has 0 N–H and O–H groups in total. The number of ether oxygens (including phenoxy) is 1. The van der Waals surface area contributed by atoms with Gasteiger partial charge in [0.25, 0.3) is 5.91 Å². The van der Waals surface area contributed by atoms with Crippen LogP contribution in [0.25, 0.3) is 11.3 Å². The third-order valence-corrected chi connectivity index (χ3v) is 6.74. The minimum Gasteiger partial charge on any atom is -0.450 e. The van der Waals surface area contributed by atoms with Gasteiger partial charge in [-0.05, 0) is 31.4 Å². The summed E-state index contributed by atoms with van der Waals surface area (Å²) >= 11 is 1.53. The van der Waals surface area contributed by atoms with Crippen LogP contribution in [0.2, 0.25) is 0 Å². The molecule has 2 heterocycles. The van der Waals surface area contributed by atoms with Crippen LogP contribution in [0.3, 0.4) is 0 Å². The number of urea groups is 1. The fourth-order valence-corrected chi connectivity index (χ4v) is 4.56. The Labute approximate surface area is 215 Å². The first-order chi connectivity index (χ1) is 17.2. The highest BCUT2D eigenvalue weighted by atomic mass is 32.1. The van der Waals surface area contributed by atoms with Crippen LogP contribution in [0, 0.1) is 17.4 Å². The molecule has 4 amide bonds. The Balaban J connectivity index is 1.68. The monoisotopic (exact) mass is 512 g/mol. The average molecular weight is 513 g/mol. The number of aromatic nitrogens is 1. The predicted octanol–water partition coefficient (Wildman–Crippen LogP) is 4.11. The number of imide groups is 1. The Bertz CT molecular complexity index is 1100. The molecule has 0 spiro atoms. The summed E-state index contributed by atoms with van der Waals surface area (Å²) in [6, 6.07) is 6.33. The summed E-state index contributed by atoms with van der Waals surface area (Å²) in [6.07, 6.45) is 2.13. The summed E-state index contributed by atoms with van der Waals surface area (Å²) in [7, 11) is 1.34. The fourth-order valence-electron chi connectivity index (χ4n) is 3.67. The molecule has 1 saturated heterocycles. The van der Waals surface area contributed by atoms with Gasteiger partial charge in [-0.1, -0.05) is 26.0 Å². The van der Waals surface area contributed by atoms with Gasteiger partial charge in [-0.2, -0.15) is 5.26 Å². The molecule has 0 bridgehead atoms. The van der Waals surface area contributed by atoms with Gasteiger partial charge in [-0.3, -0.25) is 9.69 Å². The van der Waals surface area contributed by atoms with Crippen molar-refractivity contribution >= 4 is 34.5 Å². The lowest BCUT2D eigenvalue weighted by atomic mass is 10.1. The lowest BCUT2D eigenvalue weighted by Crippen LogP contribution is -2.48. The lowest BCUT2D eigenvalue weighted by Gasteiger charge is -2.33. The largest absolute Gasteiger partial charge is 0.450 e. The van der Waals surface area contributed by atoms with Crippen molar-refractivity contribution in [3.63, 3.8) is 0 Å². The minimum absolute atomic E-state index is 0.238. The number of nitriles is 1. The predicted molar refractivity (Wildman–Crippen MR) is 138 cm³/mol. The summed E-state index contributed by atoms with van der Waals surface area (Å²) in [5.74, 6) is -0.136. The van der Waals surface area contributed by atoms with E-state index in [4.69, 9.17) is 15.0 Å². The molecule has 0 saturated carbocycles. The van der Waals surface area contributed by atoms with Crippen molar-refractivity contribution in [3.05, 3.63) is 35.2 Å². The molecule has 0 unspecified atom stereocenters. The quantitative estimate of drug-likeness (QED) is 0.406. The van der Waals surface area contributed by atoms with E-state index in [0.717, 1.165) is 26.2 Å². The van der Waals surface area contributed by atoms with E-state index < -0.39 is 11.9 Å². The van der Waals surface area contributed by atoms with Gasteiger partial charge in [-0.15, -0.1) is 11.3 Å². The highest BCUT2D eigenvalue weighted by molar-refractivity contribution is 7.14. The second kappa shape index (κ2) is 12.4. The number of carbonyl (C=O) groups excluding carboxylic acids is 3. The minimum atomic E-state index is -0.639. The highest BCUT2D eigenvalue weighted by Gasteiger charge is 2.26. The second-order valence-electron chi connectivity index (χ2n) is 8.85.